The number of carbonyl (C=O) groups is 1. The van der Waals surface area contributed by atoms with Gasteiger partial charge in [-0.25, -0.2) is 0 Å². The third-order valence-electron chi connectivity index (χ3n) is 3.31. The van der Waals surface area contributed by atoms with Gasteiger partial charge in [-0.15, -0.1) is 24.2 Å². The van der Waals surface area contributed by atoms with Crippen LogP contribution in [0, 0.1) is 5.92 Å². The summed E-state index contributed by atoms with van der Waals surface area (Å²) in [6, 6.07) is 4.03. The third kappa shape index (κ3) is 8.99. The molecule has 1 unspecified atom stereocenters. The van der Waals surface area contributed by atoms with Crippen LogP contribution in [0.1, 0.15) is 46.0 Å². The first-order valence-corrected chi connectivity index (χ1v) is 8.57. The predicted molar refractivity (Wildman–Crippen MR) is 93.1 cm³/mol. The van der Waals surface area contributed by atoms with Gasteiger partial charge in [-0.05, 0) is 37.1 Å². The van der Waals surface area contributed by atoms with Gasteiger partial charge in [0.05, 0.1) is 0 Å². The van der Waals surface area contributed by atoms with E-state index >= 15 is 0 Å². The first kappa shape index (κ1) is 20.3. The summed E-state index contributed by atoms with van der Waals surface area (Å²) in [7, 11) is 0. The fourth-order valence-electron chi connectivity index (χ4n) is 2.02. The van der Waals surface area contributed by atoms with E-state index in [2.05, 4.69) is 24.1 Å². The smallest absolute Gasteiger partial charge is 0.223 e. The van der Waals surface area contributed by atoms with Crippen LogP contribution in [0.15, 0.2) is 29.4 Å². The molecule has 1 N–H and O–H groups in total. The summed E-state index contributed by atoms with van der Waals surface area (Å²) in [5, 5.41) is 3.06. The average molecular weight is 331 g/mol. The van der Waals surface area contributed by atoms with Gasteiger partial charge in [0, 0.05) is 29.8 Å². The largest absolute Gasteiger partial charge is 0.356 e. The van der Waals surface area contributed by atoms with Crippen LogP contribution in [0.4, 0.5) is 0 Å². The lowest BCUT2D eigenvalue weighted by Crippen LogP contribution is -2.31. The molecule has 1 rings (SSSR count). The molecule has 0 fully saturated rings. The number of carbonyl (C=O) groups excluding carboxylic acids is 1. The Bertz CT molecular complexity index is 376. The van der Waals surface area contributed by atoms with Crippen LogP contribution in [0.25, 0.3) is 0 Å². The summed E-state index contributed by atoms with van der Waals surface area (Å²) in [4.78, 5) is 17.2. The second-order valence-electron chi connectivity index (χ2n) is 4.92. The summed E-state index contributed by atoms with van der Waals surface area (Å²) in [6.45, 7) is 5.04. The van der Waals surface area contributed by atoms with Crippen molar-refractivity contribution in [2.75, 3.05) is 12.3 Å². The molecule has 3 nitrogen and oxygen atoms in total. The van der Waals surface area contributed by atoms with Gasteiger partial charge >= 0.3 is 0 Å². The molecule has 1 heterocycles. The van der Waals surface area contributed by atoms with Crippen molar-refractivity contribution in [1.82, 2.24) is 10.3 Å². The van der Waals surface area contributed by atoms with E-state index in [1.54, 1.807) is 0 Å². The number of rotatable bonds is 10. The van der Waals surface area contributed by atoms with Crippen molar-refractivity contribution in [3.8, 4) is 0 Å². The Morgan fingerprint density at radius 3 is 2.62 bits per heavy atom. The number of amides is 1. The Kier molecular flexibility index (Phi) is 12.5. The summed E-state index contributed by atoms with van der Waals surface area (Å²) in [5.74, 6) is 1.45. The Hall–Kier alpha value is -0.740. The molecule has 0 aliphatic rings. The second-order valence-corrected chi connectivity index (χ2v) is 6.09. The maximum Gasteiger partial charge on any atom is 0.223 e. The SMILES string of the molecule is CCCCC(CC)C(=O)NCCCSc1ccncc1.Cl. The van der Waals surface area contributed by atoms with Crippen LogP contribution in [-0.2, 0) is 4.79 Å². The standard InChI is InChI=1S/C16H26N2OS.ClH/c1-3-5-7-14(4-2)16(19)18-10-6-13-20-15-8-11-17-12-9-15;/h8-9,11-12,14H,3-7,10,13H2,1-2H3,(H,18,19);1H. The molecule has 1 aromatic heterocycles. The molecule has 0 aromatic carbocycles. The molecular weight excluding hydrogens is 304 g/mol. The molecule has 0 radical (unpaired) electrons. The molecule has 0 saturated carbocycles. The lowest BCUT2D eigenvalue weighted by molar-refractivity contribution is -0.125. The first-order chi connectivity index (χ1) is 9.77. The van der Waals surface area contributed by atoms with E-state index in [4.69, 9.17) is 0 Å². The lowest BCUT2D eigenvalue weighted by Gasteiger charge is -2.14. The highest BCUT2D eigenvalue weighted by molar-refractivity contribution is 7.99. The zero-order valence-electron chi connectivity index (χ0n) is 13.0. The molecule has 1 atom stereocenters. The van der Waals surface area contributed by atoms with Crippen molar-refractivity contribution < 1.29 is 4.79 Å². The Labute approximate surface area is 139 Å². The monoisotopic (exact) mass is 330 g/mol. The summed E-state index contributed by atoms with van der Waals surface area (Å²) in [6.07, 6.45) is 8.88. The molecular formula is C16H27ClN2OS. The number of thioether (sulfide) groups is 1. The zero-order chi connectivity index (χ0) is 14.6. The van der Waals surface area contributed by atoms with E-state index in [9.17, 15) is 4.79 Å². The molecule has 0 aliphatic heterocycles. The van der Waals surface area contributed by atoms with Gasteiger partial charge in [-0.2, -0.15) is 0 Å². The van der Waals surface area contributed by atoms with Gasteiger partial charge < -0.3 is 5.32 Å². The van der Waals surface area contributed by atoms with Gasteiger partial charge in [0.2, 0.25) is 5.91 Å². The summed E-state index contributed by atoms with van der Waals surface area (Å²) in [5.41, 5.74) is 0. The second kappa shape index (κ2) is 13.0. The molecule has 120 valence electrons. The normalized spacial score (nSPS) is 11.5. The topological polar surface area (TPSA) is 42.0 Å². The van der Waals surface area contributed by atoms with Gasteiger partial charge in [0.1, 0.15) is 0 Å². The van der Waals surface area contributed by atoms with Gasteiger partial charge in [-0.3, -0.25) is 9.78 Å². The van der Waals surface area contributed by atoms with Crippen LogP contribution in [0.3, 0.4) is 0 Å². The van der Waals surface area contributed by atoms with Crippen LogP contribution in [-0.4, -0.2) is 23.2 Å². The van der Waals surface area contributed by atoms with Crippen molar-refractivity contribution >= 4 is 30.1 Å². The quantitative estimate of drug-likeness (QED) is 0.513. The van der Waals surface area contributed by atoms with E-state index in [1.807, 2.05) is 36.3 Å². The zero-order valence-corrected chi connectivity index (χ0v) is 14.6. The molecule has 0 aliphatic carbocycles. The van der Waals surface area contributed by atoms with Crippen LogP contribution in [0.5, 0.6) is 0 Å². The van der Waals surface area contributed by atoms with Gasteiger partial charge in [0.25, 0.3) is 0 Å². The van der Waals surface area contributed by atoms with Crippen molar-refractivity contribution in [2.45, 2.75) is 50.8 Å². The Morgan fingerprint density at radius 1 is 1.29 bits per heavy atom. The van der Waals surface area contributed by atoms with Crippen molar-refractivity contribution in [1.29, 1.82) is 0 Å². The lowest BCUT2D eigenvalue weighted by atomic mass is 9.98. The maximum absolute atomic E-state index is 12.0. The summed E-state index contributed by atoms with van der Waals surface area (Å²) < 4.78 is 0. The van der Waals surface area contributed by atoms with Crippen LogP contribution in [0.2, 0.25) is 0 Å². The van der Waals surface area contributed by atoms with Gasteiger partial charge in [-0.1, -0.05) is 26.7 Å². The Balaban J connectivity index is 0.00000400. The fraction of sp³-hybridized carbons (Fsp3) is 0.625. The molecule has 5 heteroatoms. The van der Waals surface area contributed by atoms with Crippen LogP contribution >= 0.6 is 24.2 Å². The predicted octanol–water partition coefficient (Wildman–Crippen LogP) is 4.32. The van der Waals surface area contributed by atoms with Crippen LogP contribution < -0.4 is 5.32 Å². The fourth-order valence-corrected chi connectivity index (χ4v) is 2.86. The minimum atomic E-state index is 0. The molecule has 0 spiro atoms. The van der Waals surface area contributed by atoms with E-state index < -0.39 is 0 Å². The number of nitrogens with one attached hydrogen (secondary N) is 1. The number of hydrogen-bond acceptors (Lipinski definition) is 3. The average Bonchev–Trinajstić information content (AvgIpc) is 2.48. The molecule has 1 aromatic rings. The molecule has 1 amide bonds. The Morgan fingerprint density at radius 2 is 2.00 bits per heavy atom. The number of nitrogens with zero attached hydrogens (tertiary/aromatic N) is 1. The van der Waals surface area contributed by atoms with Gasteiger partial charge in [0.15, 0.2) is 0 Å². The third-order valence-corrected chi connectivity index (χ3v) is 4.41. The highest BCUT2D eigenvalue weighted by Gasteiger charge is 2.14. The van der Waals surface area contributed by atoms with Crippen molar-refractivity contribution in [2.24, 2.45) is 5.92 Å². The number of aromatic nitrogens is 1. The highest BCUT2D eigenvalue weighted by Crippen LogP contribution is 2.17. The van der Waals surface area contributed by atoms with Crippen molar-refractivity contribution in [3.63, 3.8) is 0 Å². The number of pyridine rings is 1. The molecule has 21 heavy (non-hydrogen) atoms. The number of hydrogen-bond donors (Lipinski definition) is 1. The van der Waals surface area contributed by atoms with E-state index in [0.717, 1.165) is 44.4 Å². The minimum absolute atomic E-state index is 0. The number of unbranched alkanes of at least 4 members (excludes halogenated alkanes) is 1. The maximum atomic E-state index is 12.0. The highest BCUT2D eigenvalue weighted by atomic mass is 35.5. The summed E-state index contributed by atoms with van der Waals surface area (Å²) >= 11 is 1.81. The number of halogens is 1. The molecule has 0 bridgehead atoms. The van der Waals surface area contributed by atoms with E-state index in [1.165, 1.54) is 4.90 Å². The van der Waals surface area contributed by atoms with E-state index in [0.29, 0.717) is 0 Å². The first-order valence-electron chi connectivity index (χ1n) is 7.58. The minimum Gasteiger partial charge on any atom is -0.356 e. The van der Waals surface area contributed by atoms with Crippen molar-refractivity contribution in [3.05, 3.63) is 24.5 Å². The van der Waals surface area contributed by atoms with E-state index in [-0.39, 0.29) is 24.2 Å². The molecule has 0 saturated heterocycles.